The number of carbonyl (C=O) groups is 2. The third kappa shape index (κ3) is 3.69. The van der Waals surface area contributed by atoms with Gasteiger partial charge in [0.2, 0.25) is 0 Å². The highest BCUT2D eigenvalue weighted by Crippen LogP contribution is 2.32. The Balaban J connectivity index is 2.00. The van der Waals surface area contributed by atoms with Crippen molar-refractivity contribution < 1.29 is 9.59 Å². The maximum Gasteiger partial charge on any atom is 0.319 e. The lowest BCUT2D eigenvalue weighted by molar-refractivity contribution is -0.113. The lowest BCUT2D eigenvalue weighted by atomic mass is 9.94. The van der Waals surface area contributed by atoms with Crippen molar-refractivity contribution in [2.75, 3.05) is 5.32 Å². The van der Waals surface area contributed by atoms with E-state index in [0.717, 1.165) is 5.56 Å². The summed E-state index contributed by atoms with van der Waals surface area (Å²) in [4.78, 5) is 24.9. The minimum atomic E-state index is -0.656. The molecule has 0 bridgehead atoms. The Morgan fingerprint density at radius 2 is 1.85 bits per heavy atom. The maximum absolute atomic E-state index is 13.0. The summed E-state index contributed by atoms with van der Waals surface area (Å²) in [6.45, 7) is 3.56. The summed E-state index contributed by atoms with van der Waals surface area (Å²) in [5.41, 5.74) is 2.99. The van der Waals surface area contributed by atoms with Crippen LogP contribution >= 0.6 is 23.2 Å². The molecule has 1 unspecified atom stereocenters. The highest BCUT2D eigenvalue weighted by molar-refractivity contribution is 6.31. The molecular weight excluding hydrogens is 373 g/mol. The monoisotopic (exact) mass is 389 g/mol. The van der Waals surface area contributed by atoms with Crippen LogP contribution < -0.4 is 16.0 Å². The van der Waals surface area contributed by atoms with Crippen molar-refractivity contribution >= 4 is 40.8 Å². The second-order valence-corrected chi connectivity index (χ2v) is 6.85. The molecule has 0 saturated carbocycles. The summed E-state index contributed by atoms with van der Waals surface area (Å²) in [7, 11) is 0. The van der Waals surface area contributed by atoms with E-state index in [0.29, 0.717) is 32.6 Å². The molecule has 0 saturated heterocycles. The number of aryl methyl sites for hydroxylation is 1. The Bertz CT molecular complexity index is 925. The van der Waals surface area contributed by atoms with Crippen molar-refractivity contribution in [3.63, 3.8) is 0 Å². The molecule has 3 amide bonds. The molecule has 7 heteroatoms. The third-order valence-corrected chi connectivity index (χ3v) is 4.76. The summed E-state index contributed by atoms with van der Waals surface area (Å²) in [5, 5.41) is 9.27. The first-order chi connectivity index (χ1) is 12.4. The number of hydrogen-bond acceptors (Lipinski definition) is 2. The molecule has 0 aromatic heterocycles. The number of rotatable bonds is 3. The van der Waals surface area contributed by atoms with E-state index in [1.807, 2.05) is 13.0 Å². The number of allylic oxidation sites excluding steroid dienone is 1. The summed E-state index contributed by atoms with van der Waals surface area (Å²) in [5.74, 6) is -0.342. The molecule has 2 aromatic carbocycles. The predicted octanol–water partition coefficient (Wildman–Crippen LogP) is 4.57. The lowest BCUT2D eigenvalue weighted by Gasteiger charge is -2.29. The molecule has 2 aromatic rings. The standard InChI is InChI=1S/C19H17Cl2N3O2/c1-10-7-8-12(20)9-15(10)23-18(25)16-11(2)22-19(26)24-17(16)13-5-3-4-6-14(13)21/h3-9,17H,1-2H3,(H,23,25)(H2,22,24,26). The van der Waals surface area contributed by atoms with E-state index in [2.05, 4.69) is 16.0 Å². The normalized spacial score (nSPS) is 16.8. The van der Waals surface area contributed by atoms with Gasteiger partial charge in [-0.25, -0.2) is 4.79 Å². The Morgan fingerprint density at radius 1 is 1.12 bits per heavy atom. The third-order valence-electron chi connectivity index (χ3n) is 4.18. The van der Waals surface area contributed by atoms with E-state index in [1.165, 1.54) is 0 Å². The molecule has 3 N–H and O–H groups in total. The SMILES string of the molecule is CC1=C(C(=O)Nc2cc(Cl)ccc2C)C(c2ccccc2Cl)NC(=O)N1. The molecular formula is C19H17Cl2N3O2. The second kappa shape index (κ2) is 7.40. The molecule has 0 fully saturated rings. The number of anilines is 1. The predicted molar refractivity (Wildman–Crippen MR) is 103 cm³/mol. The first-order valence-corrected chi connectivity index (χ1v) is 8.72. The van der Waals surface area contributed by atoms with Gasteiger partial charge < -0.3 is 16.0 Å². The van der Waals surface area contributed by atoms with Crippen LogP contribution in [0.5, 0.6) is 0 Å². The fourth-order valence-corrected chi connectivity index (χ4v) is 3.27. The molecule has 1 atom stereocenters. The van der Waals surface area contributed by atoms with Gasteiger partial charge in [0.25, 0.3) is 5.91 Å². The number of benzene rings is 2. The van der Waals surface area contributed by atoms with E-state index in [1.54, 1.807) is 43.3 Å². The number of amides is 3. The molecule has 0 spiro atoms. The highest BCUT2D eigenvalue weighted by atomic mass is 35.5. The summed E-state index contributed by atoms with van der Waals surface area (Å²) in [6, 6.07) is 11.3. The van der Waals surface area contributed by atoms with E-state index < -0.39 is 6.04 Å². The smallest absolute Gasteiger partial charge is 0.319 e. The van der Waals surface area contributed by atoms with Crippen molar-refractivity contribution in [3.05, 3.63) is 74.9 Å². The molecule has 1 heterocycles. The van der Waals surface area contributed by atoms with Crippen molar-refractivity contribution in [1.29, 1.82) is 0 Å². The molecule has 134 valence electrons. The lowest BCUT2D eigenvalue weighted by Crippen LogP contribution is -2.46. The zero-order chi connectivity index (χ0) is 18.8. The van der Waals surface area contributed by atoms with Crippen LogP contribution in [0.1, 0.15) is 24.1 Å². The Kier molecular flexibility index (Phi) is 5.20. The van der Waals surface area contributed by atoms with Gasteiger partial charge in [0, 0.05) is 21.4 Å². The van der Waals surface area contributed by atoms with Gasteiger partial charge in [-0.3, -0.25) is 4.79 Å². The molecule has 1 aliphatic rings. The first kappa shape index (κ1) is 18.3. The van der Waals surface area contributed by atoms with Crippen LogP contribution in [0.3, 0.4) is 0 Å². The minimum absolute atomic E-state index is 0.342. The van der Waals surface area contributed by atoms with Crippen molar-refractivity contribution in [3.8, 4) is 0 Å². The average molecular weight is 390 g/mol. The average Bonchev–Trinajstić information content (AvgIpc) is 2.57. The van der Waals surface area contributed by atoms with Gasteiger partial charge in [0.05, 0.1) is 11.6 Å². The number of halogens is 2. The van der Waals surface area contributed by atoms with Gasteiger partial charge in [0.15, 0.2) is 0 Å². The molecule has 26 heavy (non-hydrogen) atoms. The van der Waals surface area contributed by atoms with E-state index in [-0.39, 0.29) is 11.9 Å². The largest absolute Gasteiger partial charge is 0.327 e. The zero-order valence-electron chi connectivity index (χ0n) is 14.2. The minimum Gasteiger partial charge on any atom is -0.327 e. The van der Waals surface area contributed by atoms with Crippen LogP contribution in [0.25, 0.3) is 0 Å². The van der Waals surface area contributed by atoms with Crippen LogP contribution in [-0.4, -0.2) is 11.9 Å². The van der Waals surface area contributed by atoms with Crippen molar-refractivity contribution in [1.82, 2.24) is 10.6 Å². The quantitative estimate of drug-likeness (QED) is 0.719. The topological polar surface area (TPSA) is 70.2 Å². The van der Waals surface area contributed by atoms with E-state index in [4.69, 9.17) is 23.2 Å². The van der Waals surface area contributed by atoms with Gasteiger partial charge in [-0.2, -0.15) is 0 Å². The van der Waals surface area contributed by atoms with E-state index in [9.17, 15) is 9.59 Å². The molecule has 0 radical (unpaired) electrons. The summed E-state index contributed by atoms with van der Waals surface area (Å²) in [6.07, 6.45) is 0. The highest BCUT2D eigenvalue weighted by Gasteiger charge is 2.32. The van der Waals surface area contributed by atoms with Gasteiger partial charge in [0.1, 0.15) is 0 Å². The van der Waals surface area contributed by atoms with Crippen LogP contribution in [0.15, 0.2) is 53.7 Å². The number of urea groups is 1. The van der Waals surface area contributed by atoms with Crippen LogP contribution in [0.4, 0.5) is 10.5 Å². The summed E-state index contributed by atoms with van der Waals surface area (Å²) >= 11 is 12.3. The molecule has 1 aliphatic heterocycles. The van der Waals surface area contributed by atoms with Gasteiger partial charge >= 0.3 is 6.03 Å². The maximum atomic E-state index is 13.0. The zero-order valence-corrected chi connectivity index (χ0v) is 15.7. The van der Waals surface area contributed by atoms with E-state index >= 15 is 0 Å². The molecule has 3 rings (SSSR count). The Labute approximate surface area is 161 Å². The van der Waals surface area contributed by atoms with Crippen LogP contribution in [0.2, 0.25) is 10.0 Å². The molecule has 5 nitrogen and oxygen atoms in total. The fourth-order valence-electron chi connectivity index (χ4n) is 2.86. The van der Waals surface area contributed by atoms with Gasteiger partial charge in [-0.1, -0.05) is 47.5 Å². The number of carbonyl (C=O) groups excluding carboxylic acids is 2. The fraction of sp³-hybridized carbons (Fsp3) is 0.158. The van der Waals surface area contributed by atoms with Crippen molar-refractivity contribution in [2.45, 2.75) is 19.9 Å². The van der Waals surface area contributed by atoms with Gasteiger partial charge in [-0.15, -0.1) is 0 Å². The first-order valence-electron chi connectivity index (χ1n) is 7.97. The van der Waals surface area contributed by atoms with Crippen LogP contribution in [0, 0.1) is 6.92 Å². The second-order valence-electron chi connectivity index (χ2n) is 6.01. The van der Waals surface area contributed by atoms with Crippen LogP contribution in [-0.2, 0) is 4.79 Å². The molecule has 0 aliphatic carbocycles. The van der Waals surface area contributed by atoms with Gasteiger partial charge in [-0.05, 0) is 43.2 Å². The number of nitrogens with one attached hydrogen (secondary N) is 3. The Hall–Kier alpha value is -2.50. The Morgan fingerprint density at radius 3 is 2.58 bits per heavy atom. The van der Waals surface area contributed by atoms with Crippen molar-refractivity contribution in [2.24, 2.45) is 0 Å². The number of hydrogen-bond donors (Lipinski definition) is 3. The summed E-state index contributed by atoms with van der Waals surface area (Å²) < 4.78 is 0.